The van der Waals surface area contributed by atoms with Crippen LogP contribution in [0, 0.1) is 5.92 Å². The molecular weight excluding hydrogens is 232 g/mol. The molecule has 0 aromatic heterocycles. The van der Waals surface area contributed by atoms with Crippen molar-refractivity contribution in [3.05, 3.63) is 35.9 Å². The van der Waals surface area contributed by atoms with Crippen LogP contribution < -0.4 is 5.73 Å². The molecule has 1 aliphatic heterocycles. The third-order valence-corrected chi connectivity index (χ3v) is 4.44. The highest BCUT2D eigenvalue weighted by Gasteiger charge is 2.21. The highest BCUT2D eigenvalue weighted by Crippen LogP contribution is 2.24. The molecule has 0 spiro atoms. The Kier molecular flexibility index (Phi) is 5.87. The van der Waals surface area contributed by atoms with Crippen LogP contribution in [0.3, 0.4) is 0 Å². The second kappa shape index (κ2) is 7.66. The summed E-state index contributed by atoms with van der Waals surface area (Å²) in [5.41, 5.74) is 7.36. The van der Waals surface area contributed by atoms with Crippen molar-refractivity contribution < 1.29 is 0 Å². The molecule has 2 nitrogen and oxygen atoms in total. The Hall–Kier alpha value is -0.860. The second-order valence-electron chi connectivity index (χ2n) is 5.88. The van der Waals surface area contributed by atoms with Crippen LogP contribution in [0.1, 0.15) is 44.1 Å². The van der Waals surface area contributed by atoms with Crippen LogP contribution in [0.5, 0.6) is 0 Å². The van der Waals surface area contributed by atoms with Gasteiger partial charge in [-0.1, -0.05) is 50.1 Å². The summed E-state index contributed by atoms with van der Waals surface area (Å²) < 4.78 is 0. The molecule has 1 fully saturated rings. The minimum Gasteiger partial charge on any atom is -0.330 e. The summed E-state index contributed by atoms with van der Waals surface area (Å²) in [5, 5.41) is 0. The lowest BCUT2D eigenvalue weighted by Crippen LogP contribution is -2.38. The van der Waals surface area contributed by atoms with Crippen LogP contribution in [-0.4, -0.2) is 31.1 Å². The van der Waals surface area contributed by atoms with E-state index < -0.39 is 0 Å². The lowest BCUT2D eigenvalue weighted by atomic mass is 9.91. The van der Waals surface area contributed by atoms with Gasteiger partial charge in [0.25, 0.3) is 0 Å². The molecule has 1 atom stereocenters. The van der Waals surface area contributed by atoms with Gasteiger partial charge in [-0.25, -0.2) is 0 Å². The Morgan fingerprint density at radius 2 is 1.89 bits per heavy atom. The first-order valence-corrected chi connectivity index (χ1v) is 7.80. The first-order valence-electron chi connectivity index (χ1n) is 7.80. The number of piperidine rings is 1. The maximum atomic E-state index is 5.97. The third kappa shape index (κ3) is 4.32. The van der Waals surface area contributed by atoms with E-state index in [-0.39, 0.29) is 0 Å². The Labute approximate surface area is 118 Å². The highest BCUT2D eigenvalue weighted by atomic mass is 15.1. The number of nitrogens with zero attached hydrogens (tertiary/aromatic N) is 1. The lowest BCUT2D eigenvalue weighted by Gasteiger charge is -2.34. The van der Waals surface area contributed by atoms with Crippen LogP contribution in [0.25, 0.3) is 0 Å². The Balaban J connectivity index is 1.84. The highest BCUT2D eigenvalue weighted by molar-refractivity contribution is 5.20. The summed E-state index contributed by atoms with van der Waals surface area (Å²) in [6.45, 7) is 6.69. The van der Waals surface area contributed by atoms with E-state index in [2.05, 4.69) is 42.2 Å². The Bertz CT molecular complexity index is 342. The van der Waals surface area contributed by atoms with Gasteiger partial charge in [0.1, 0.15) is 0 Å². The van der Waals surface area contributed by atoms with Crippen molar-refractivity contribution in [3.63, 3.8) is 0 Å². The van der Waals surface area contributed by atoms with E-state index >= 15 is 0 Å². The normalized spacial score (nSPS) is 19.5. The fraction of sp³-hybridized carbons (Fsp3) is 0.647. The fourth-order valence-corrected chi connectivity index (χ4v) is 3.22. The summed E-state index contributed by atoms with van der Waals surface area (Å²) in [5.74, 6) is 1.46. The molecular formula is C17H28N2. The molecule has 1 saturated heterocycles. The zero-order chi connectivity index (χ0) is 13.5. The van der Waals surface area contributed by atoms with E-state index in [1.807, 2.05) is 0 Å². The number of likely N-dealkylation sites (tertiary alicyclic amines) is 1. The average molecular weight is 260 g/mol. The zero-order valence-corrected chi connectivity index (χ0v) is 12.2. The molecule has 0 aliphatic carbocycles. The monoisotopic (exact) mass is 260 g/mol. The molecule has 1 aromatic rings. The molecule has 1 heterocycles. The van der Waals surface area contributed by atoms with Gasteiger partial charge in [0, 0.05) is 19.0 Å². The predicted molar refractivity (Wildman–Crippen MR) is 82.3 cm³/mol. The average Bonchev–Trinajstić information content (AvgIpc) is 2.48. The second-order valence-corrected chi connectivity index (χ2v) is 5.88. The van der Waals surface area contributed by atoms with Crippen LogP contribution in [0.4, 0.5) is 0 Å². The summed E-state index contributed by atoms with van der Waals surface area (Å²) in [4.78, 5) is 2.61. The van der Waals surface area contributed by atoms with Gasteiger partial charge < -0.3 is 10.6 Å². The van der Waals surface area contributed by atoms with Gasteiger partial charge in [-0.3, -0.25) is 0 Å². The van der Waals surface area contributed by atoms with E-state index in [9.17, 15) is 0 Å². The quantitative estimate of drug-likeness (QED) is 0.851. The van der Waals surface area contributed by atoms with Crippen molar-refractivity contribution in [1.82, 2.24) is 4.90 Å². The predicted octanol–water partition coefficient (Wildman–Crippen LogP) is 3.24. The molecule has 2 heteroatoms. The first kappa shape index (κ1) is 14.5. The molecule has 1 aliphatic rings. The number of nitrogens with two attached hydrogens (primary N) is 1. The molecule has 0 saturated carbocycles. The summed E-state index contributed by atoms with van der Waals surface area (Å²) in [6, 6.07) is 10.7. The number of benzene rings is 1. The summed E-state index contributed by atoms with van der Waals surface area (Å²) in [6.07, 6.45) is 5.49. The summed E-state index contributed by atoms with van der Waals surface area (Å²) >= 11 is 0. The molecule has 19 heavy (non-hydrogen) atoms. The SMILES string of the molecule is CCCC1CCN(CC(CN)c2ccccc2)CC1. The molecule has 2 rings (SSSR count). The van der Waals surface area contributed by atoms with E-state index in [0.717, 1.165) is 19.0 Å². The van der Waals surface area contributed by atoms with Crippen molar-refractivity contribution in [2.75, 3.05) is 26.2 Å². The maximum Gasteiger partial charge on any atom is 0.00888 e. The van der Waals surface area contributed by atoms with Crippen LogP contribution >= 0.6 is 0 Å². The number of hydrogen-bond acceptors (Lipinski definition) is 2. The Morgan fingerprint density at radius 3 is 2.47 bits per heavy atom. The van der Waals surface area contributed by atoms with Crippen molar-refractivity contribution >= 4 is 0 Å². The minimum atomic E-state index is 0.490. The van der Waals surface area contributed by atoms with Gasteiger partial charge in [0.15, 0.2) is 0 Å². The Morgan fingerprint density at radius 1 is 1.21 bits per heavy atom. The van der Waals surface area contributed by atoms with Gasteiger partial charge in [-0.2, -0.15) is 0 Å². The lowest BCUT2D eigenvalue weighted by molar-refractivity contribution is 0.170. The topological polar surface area (TPSA) is 29.3 Å². The van der Waals surface area contributed by atoms with Crippen LogP contribution in [0.15, 0.2) is 30.3 Å². The van der Waals surface area contributed by atoms with Crippen LogP contribution in [0.2, 0.25) is 0 Å². The molecule has 2 N–H and O–H groups in total. The van der Waals surface area contributed by atoms with E-state index in [1.54, 1.807) is 0 Å². The van der Waals surface area contributed by atoms with Gasteiger partial charge in [0.2, 0.25) is 0 Å². The van der Waals surface area contributed by atoms with E-state index in [0.29, 0.717) is 5.92 Å². The molecule has 0 amide bonds. The molecule has 0 radical (unpaired) electrons. The van der Waals surface area contributed by atoms with Gasteiger partial charge >= 0.3 is 0 Å². The minimum absolute atomic E-state index is 0.490. The van der Waals surface area contributed by atoms with E-state index in [1.165, 1.54) is 44.3 Å². The number of hydrogen-bond donors (Lipinski definition) is 1. The standard InChI is InChI=1S/C17H28N2/c1-2-6-15-9-11-19(12-10-15)14-17(13-18)16-7-4-3-5-8-16/h3-5,7-8,15,17H,2,6,9-14,18H2,1H3. The van der Waals surface area contributed by atoms with Gasteiger partial charge in [-0.05, 0) is 37.4 Å². The van der Waals surface area contributed by atoms with Crippen molar-refractivity contribution in [2.24, 2.45) is 11.7 Å². The summed E-state index contributed by atoms with van der Waals surface area (Å²) in [7, 11) is 0. The van der Waals surface area contributed by atoms with Crippen molar-refractivity contribution in [2.45, 2.75) is 38.5 Å². The molecule has 1 aromatic carbocycles. The molecule has 0 bridgehead atoms. The fourth-order valence-electron chi connectivity index (χ4n) is 3.22. The first-order chi connectivity index (χ1) is 9.33. The third-order valence-electron chi connectivity index (χ3n) is 4.44. The van der Waals surface area contributed by atoms with E-state index in [4.69, 9.17) is 5.73 Å². The van der Waals surface area contributed by atoms with Crippen molar-refractivity contribution in [3.8, 4) is 0 Å². The molecule has 106 valence electrons. The molecule has 1 unspecified atom stereocenters. The van der Waals surface area contributed by atoms with Gasteiger partial charge in [-0.15, -0.1) is 0 Å². The maximum absolute atomic E-state index is 5.97. The number of rotatable bonds is 6. The smallest absolute Gasteiger partial charge is 0.00888 e. The van der Waals surface area contributed by atoms with Crippen LogP contribution in [-0.2, 0) is 0 Å². The van der Waals surface area contributed by atoms with Gasteiger partial charge in [0.05, 0.1) is 0 Å². The zero-order valence-electron chi connectivity index (χ0n) is 12.2. The largest absolute Gasteiger partial charge is 0.330 e. The van der Waals surface area contributed by atoms with Crippen molar-refractivity contribution in [1.29, 1.82) is 0 Å².